The summed E-state index contributed by atoms with van der Waals surface area (Å²) < 4.78 is 10.8. The lowest BCUT2D eigenvalue weighted by Gasteiger charge is -2.00. The van der Waals surface area contributed by atoms with Gasteiger partial charge in [0, 0.05) is 41.9 Å². The van der Waals surface area contributed by atoms with E-state index in [4.69, 9.17) is 5.73 Å². The van der Waals surface area contributed by atoms with Gasteiger partial charge in [0.15, 0.2) is 0 Å². The average molecular weight is 164 g/mol. The zero-order valence-electron chi connectivity index (χ0n) is 6.43. The lowest BCUT2D eigenvalue weighted by Crippen LogP contribution is -2.26. The van der Waals surface area contributed by atoms with Gasteiger partial charge in [-0.15, -0.1) is 0 Å². The van der Waals surface area contributed by atoms with Crippen molar-refractivity contribution in [2.24, 2.45) is 5.73 Å². The molecule has 1 atom stereocenters. The first-order chi connectivity index (χ1) is 4.81. The molecular weight excluding hydrogens is 148 g/mol. The molecule has 0 heterocycles. The molecular formula is C6H16N2OS. The van der Waals surface area contributed by atoms with Gasteiger partial charge in [0.2, 0.25) is 0 Å². The normalized spacial score (nSPS) is 13.4. The minimum Gasteiger partial charge on any atom is -0.329 e. The molecule has 0 aromatic heterocycles. The fraction of sp³-hybridized carbons (Fsp3) is 1.00. The van der Waals surface area contributed by atoms with Gasteiger partial charge in [0.1, 0.15) is 0 Å². The molecule has 3 N–H and O–H groups in total. The molecule has 62 valence electrons. The van der Waals surface area contributed by atoms with Crippen molar-refractivity contribution >= 4 is 10.8 Å². The molecule has 1 unspecified atom stereocenters. The molecule has 0 aromatic rings. The van der Waals surface area contributed by atoms with Crippen molar-refractivity contribution in [2.75, 3.05) is 31.1 Å². The van der Waals surface area contributed by atoms with Crippen LogP contribution in [0, 0.1) is 0 Å². The van der Waals surface area contributed by atoms with Crippen LogP contribution in [0.4, 0.5) is 0 Å². The maximum Gasteiger partial charge on any atom is 0.0359 e. The van der Waals surface area contributed by atoms with Gasteiger partial charge in [-0.05, 0) is 0 Å². The Kier molecular flexibility index (Phi) is 7.23. The summed E-state index contributed by atoms with van der Waals surface area (Å²) in [5, 5.41) is 3.08. The second-order valence-electron chi connectivity index (χ2n) is 1.97. The highest BCUT2D eigenvalue weighted by molar-refractivity contribution is 7.84. The highest BCUT2D eigenvalue weighted by Crippen LogP contribution is 1.77. The molecule has 0 bridgehead atoms. The summed E-state index contributed by atoms with van der Waals surface area (Å²) in [6, 6.07) is 0. The van der Waals surface area contributed by atoms with E-state index in [0.717, 1.165) is 24.6 Å². The largest absolute Gasteiger partial charge is 0.329 e. The highest BCUT2D eigenvalue weighted by Gasteiger charge is 1.92. The van der Waals surface area contributed by atoms with Gasteiger partial charge in [-0.1, -0.05) is 6.92 Å². The van der Waals surface area contributed by atoms with Gasteiger partial charge in [-0.2, -0.15) is 0 Å². The zero-order valence-corrected chi connectivity index (χ0v) is 7.25. The van der Waals surface area contributed by atoms with Crippen molar-refractivity contribution in [3.63, 3.8) is 0 Å². The van der Waals surface area contributed by atoms with Crippen LogP contribution in [0.3, 0.4) is 0 Å². The molecule has 0 aliphatic rings. The van der Waals surface area contributed by atoms with Gasteiger partial charge < -0.3 is 11.1 Å². The quantitative estimate of drug-likeness (QED) is 0.511. The lowest BCUT2D eigenvalue weighted by atomic mass is 10.6. The molecule has 0 saturated carbocycles. The maximum absolute atomic E-state index is 10.8. The summed E-state index contributed by atoms with van der Waals surface area (Å²) >= 11 is 0. The van der Waals surface area contributed by atoms with Crippen molar-refractivity contribution in [3.8, 4) is 0 Å². The van der Waals surface area contributed by atoms with E-state index >= 15 is 0 Å². The van der Waals surface area contributed by atoms with Crippen LogP contribution in [0.1, 0.15) is 6.92 Å². The molecule has 10 heavy (non-hydrogen) atoms. The van der Waals surface area contributed by atoms with E-state index in [9.17, 15) is 4.21 Å². The van der Waals surface area contributed by atoms with Crippen LogP contribution >= 0.6 is 0 Å². The fourth-order valence-electron chi connectivity index (χ4n) is 0.557. The molecule has 0 aliphatic heterocycles. The first-order valence-corrected chi connectivity index (χ1v) is 5.05. The Morgan fingerprint density at radius 1 is 1.50 bits per heavy atom. The van der Waals surface area contributed by atoms with E-state index in [1.807, 2.05) is 6.92 Å². The molecule has 0 rings (SSSR count). The van der Waals surface area contributed by atoms with Crippen LogP contribution in [0.5, 0.6) is 0 Å². The highest BCUT2D eigenvalue weighted by atomic mass is 32.2. The third kappa shape index (κ3) is 6.19. The Morgan fingerprint density at radius 3 is 2.70 bits per heavy atom. The predicted octanol–water partition coefficient (Wildman–Crippen LogP) is -0.697. The smallest absolute Gasteiger partial charge is 0.0359 e. The van der Waals surface area contributed by atoms with Crippen LogP contribution in [0.2, 0.25) is 0 Å². The summed E-state index contributed by atoms with van der Waals surface area (Å²) in [5.41, 5.74) is 5.24. The third-order valence-electron chi connectivity index (χ3n) is 1.15. The Balaban J connectivity index is 2.96. The number of hydrogen-bond acceptors (Lipinski definition) is 3. The van der Waals surface area contributed by atoms with Crippen molar-refractivity contribution in [1.82, 2.24) is 5.32 Å². The molecule has 3 nitrogen and oxygen atoms in total. The van der Waals surface area contributed by atoms with E-state index in [1.165, 1.54) is 0 Å². The van der Waals surface area contributed by atoms with E-state index in [0.29, 0.717) is 6.54 Å². The van der Waals surface area contributed by atoms with Gasteiger partial charge in [0.25, 0.3) is 0 Å². The van der Waals surface area contributed by atoms with E-state index in [1.54, 1.807) is 0 Å². The predicted molar refractivity (Wildman–Crippen MR) is 45.5 cm³/mol. The summed E-state index contributed by atoms with van der Waals surface area (Å²) in [5.74, 6) is 1.50. The second-order valence-corrected chi connectivity index (χ2v) is 3.84. The summed E-state index contributed by atoms with van der Waals surface area (Å²) in [7, 11) is -0.634. The maximum atomic E-state index is 10.8. The average Bonchev–Trinajstić information content (AvgIpc) is 1.98. The minimum absolute atomic E-state index is 0.634. The molecule has 4 heteroatoms. The van der Waals surface area contributed by atoms with Gasteiger partial charge in [0.05, 0.1) is 0 Å². The van der Waals surface area contributed by atoms with Crippen molar-refractivity contribution in [3.05, 3.63) is 0 Å². The SMILES string of the molecule is CCS(=O)CCNCCN. The topological polar surface area (TPSA) is 55.1 Å². The number of hydrogen-bond donors (Lipinski definition) is 2. The number of rotatable bonds is 6. The van der Waals surface area contributed by atoms with Crippen LogP contribution in [-0.2, 0) is 10.8 Å². The molecule has 0 fully saturated rings. The second kappa shape index (κ2) is 7.18. The van der Waals surface area contributed by atoms with Gasteiger partial charge >= 0.3 is 0 Å². The fourth-order valence-corrected chi connectivity index (χ4v) is 1.22. The minimum atomic E-state index is -0.634. The monoisotopic (exact) mass is 164 g/mol. The van der Waals surface area contributed by atoms with Crippen LogP contribution < -0.4 is 11.1 Å². The van der Waals surface area contributed by atoms with Crippen LogP contribution in [0.15, 0.2) is 0 Å². The van der Waals surface area contributed by atoms with E-state index in [2.05, 4.69) is 5.32 Å². The molecule has 0 spiro atoms. The molecule has 0 amide bonds. The number of nitrogens with one attached hydrogen (secondary N) is 1. The number of nitrogens with two attached hydrogens (primary N) is 1. The van der Waals surface area contributed by atoms with E-state index in [-0.39, 0.29) is 0 Å². The standard InChI is InChI=1S/C6H16N2OS/c1-2-10(9)6-5-8-4-3-7/h8H,2-7H2,1H3. The lowest BCUT2D eigenvalue weighted by molar-refractivity contribution is 0.674. The first kappa shape index (κ1) is 10.1. The van der Waals surface area contributed by atoms with Gasteiger partial charge in [-0.25, -0.2) is 0 Å². The molecule has 0 saturated heterocycles. The summed E-state index contributed by atoms with van der Waals surface area (Å²) in [6.07, 6.45) is 0. The van der Waals surface area contributed by atoms with Crippen molar-refractivity contribution < 1.29 is 4.21 Å². The molecule has 0 aromatic carbocycles. The van der Waals surface area contributed by atoms with E-state index < -0.39 is 10.8 Å². The van der Waals surface area contributed by atoms with Gasteiger partial charge in [-0.3, -0.25) is 4.21 Å². The van der Waals surface area contributed by atoms with Crippen LogP contribution in [-0.4, -0.2) is 35.3 Å². The van der Waals surface area contributed by atoms with Crippen molar-refractivity contribution in [1.29, 1.82) is 0 Å². The zero-order chi connectivity index (χ0) is 7.82. The Labute approximate surface area is 64.8 Å². The van der Waals surface area contributed by atoms with Crippen LogP contribution in [0.25, 0.3) is 0 Å². The molecule has 0 radical (unpaired) electrons. The third-order valence-corrected chi connectivity index (χ3v) is 2.45. The Bertz CT molecular complexity index is 97.7. The Morgan fingerprint density at radius 2 is 2.20 bits per heavy atom. The summed E-state index contributed by atoms with van der Waals surface area (Å²) in [6.45, 7) is 4.22. The Hall–Kier alpha value is 0.0700. The first-order valence-electron chi connectivity index (χ1n) is 3.57. The van der Waals surface area contributed by atoms with Crippen molar-refractivity contribution in [2.45, 2.75) is 6.92 Å². The molecule has 0 aliphatic carbocycles. The summed E-state index contributed by atoms with van der Waals surface area (Å²) in [4.78, 5) is 0.